The minimum Gasteiger partial charge on any atom is -0.370 e. The summed E-state index contributed by atoms with van der Waals surface area (Å²) in [5, 5.41) is 7.17. The molecule has 2 aromatic rings. The summed E-state index contributed by atoms with van der Waals surface area (Å²) in [5.74, 6) is 0.364. The molecule has 1 aliphatic heterocycles. The molecule has 26 heavy (non-hydrogen) atoms. The number of nitrogens with one attached hydrogen (secondary N) is 1. The first-order valence-electron chi connectivity index (χ1n) is 8.99. The van der Waals surface area contributed by atoms with E-state index in [1.807, 2.05) is 32.9 Å². The zero-order valence-corrected chi connectivity index (χ0v) is 15.9. The lowest BCUT2D eigenvalue weighted by Crippen LogP contribution is -2.32. The first-order chi connectivity index (χ1) is 12.3. The number of benzene rings is 1. The van der Waals surface area contributed by atoms with Gasteiger partial charge in [-0.15, -0.1) is 0 Å². The van der Waals surface area contributed by atoms with E-state index in [0.29, 0.717) is 12.5 Å². The maximum atomic E-state index is 12.6. The lowest BCUT2D eigenvalue weighted by molar-refractivity contribution is 0.0947. The third-order valence-electron chi connectivity index (χ3n) is 5.06. The molecule has 2 heterocycles. The highest BCUT2D eigenvalue weighted by molar-refractivity contribution is 5.97. The minimum atomic E-state index is -0.107. The molecule has 1 N–H and O–H groups in total. The van der Waals surface area contributed by atoms with Crippen LogP contribution < -0.4 is 15.8 Å². The van der Waals surface area contributed by atoms with Crippen molar-refractivity contribution in [3.05, 3.63) is 57.0 Å². The lowest BCUT2D eigenvalue weighted by atomic mass is 9.99. The molecule has 6 heteroatoms. The summed E-state index contributed by atoms with van der Waals surface area (Å²) >= 11 is 0. The Hall–Kier alpha value is -2.63. The van der Waals surface area contributed by atoms with E-state index in [4.69, 9.17) is 0 Å². The van der Waals surface area contributed by atoms with Crippen molar-refractivity contribution in [2.75, 3.05) is 24.5 Å². The van der Waals surface area contributed by atoms with Crippen molar-refractivity contribution in [3.63, 3.8) is 0 Å². The number of rotatable bonds is 4. The van der Waals surface area contributed by atoms with E-state index in [1.165, 1.54) is 10.2 Å². The first-order valence-corrected chi connectivity index (χ1v) is 8.99. The number of hydrogen-bond donors (Lipinski definition) is 1. The Morgan fingerprint density at radius 1 is 1.23 bits per heavy atom. The molecular weight excluding hydrogens is 328 g/mol. The van der Waals surface area contributed by atoms with E-state index in [-0.39, 0.29) is 11.5 Å². The molecule has 1 aromatic carbocycles. The monoisotopic (exact) mass is 354 g/mol. The van der Waals surface area contributed by atoms with Crippen molar-refractivity contribution in [1.29, 1.82) is 0 Å². The third-order valence-corrected chi connectivity index (χ3v) is 5.06. The Bertz CT molecular complexity index is 865. The van der Waals surface area contributed by atoms with E-state index in [9.17, 15) is 9.59 Å². The summed E-state index contributed by atoms with van der Waals surface area (Å²) in [6.07, 6.45) is 2.71. The molecule has 0 saturated carbocycles. The molecule has 0 radical (unpaired) electrons. The Morgan fingerprint density at radius 3 is 2.58 bits per heavy atom. The molecule has 0 spiro atoms. The summed E-state index contributed by atoms with van der Waals surface area (Å²) in [7, 11) is 1.64. The Balaban J connectivity index is 1.60. The summed E-state index contributed by atoms with van der Waals surface area (Å²) in [6, 6.07) is 5.71. The summed E-state index contributed by atoms with van der Waals surface area (Å²) in [6.45, 7) is 8.34. The van der Waals surface area contributed by atoms with Crippen molar-refractivity contribution >= 4 is 11.6 Å². The van der Waals surface area contributed by atoms with E-state index in [0.717, 1.165) is 41.9 Å². The number of aryl methyl sites for hydroxylation is 4. The number of carbonyl (C=O) groups is 1. The number of nitrogens with zero attached hydrogens (tertiary/aromatic N) is 3. The quantitative estimate of drug-likeness (QED) is 0.911. The summed E-state index contributed by atoms with van der Waals surface area (Å²) < 4.78 is 1.32. The predicted molar refractivity (Wildman–Crippen MR) is 103 cm³/mol. The van der Waals surface area contributed by atoms with Crippen LogP contribution in [0.4, 0.5) is 5.69 Å². The standard InChI is InChI=1S/C20H26N4O2/c1-13-7-14(2)19(15(3)8-13)20(26)21-10-16-5-6-24(12-16)17-9-18(25)23(4)22-11-17/h7-9,11,16H,5-6,10,12H2,1-4H3,(H,21,26). The number of aromatic nitrogens is 2. The second-order valence-electron chi connectivity index (χ2n) is 7.26. The first kappa shape index (κ1) is 18.2. The largest absolute Gasteiger partial charge is 0.370 e. The Kier molecular flexibility index (Phi) is 5.11. The van der Waals surface area contributed by atoms with Crippen LogP contribution in [0.1, 0.15) is 33.5 Å². The molecule has 1 aliphatic rings. The van der Waals surface area contributed by atoms with Crippen molar-refractivity contribution in [2.24, 2.45) is 13.0 Å². The highest BCUT2D eigenvalue weighted by Crippen LogP contribution is 2.22. The van der Waals surface area contributed by atoms with E-state index < -0.39 is 0 Å². The van der Waals surface area contributed by atoms with Crippen LogP contribution in [0, 0.1) is 26.7 Å². The smallest absolute Gasteiger partial charge is 0.268 e. The van der Waals surface area contributed by atoms with Crippen molar-refractivity contribution in [2.45, 2.75) is 27.2 Å². The van der Waals surface area contributed by atoms with Crippen molar-refractivity contribution in [3.8, 4) is 0 Å². The number of amides is 1. The molecule has 0 aliphatic carbocycles. The fourth-order valence-corrected chi connectivity index (χ4v) is 3.73. The predicted octanol–water partition coefficient (Wildman–Crippen LogP) is 1.96. The molecule has 1 atom stereocenters. The average molecular weight is 354 g/mol. The average Bonchev–Trinajstić information content (AvgIpc) is 3.03. The maximum Gasteiger partial charge on any atom is 0.268 e. The fraction of sp³-hybridized carbons (Fsp3) is 0.450. The van der Waals surface area contributed by atoms with Gasteiger partial charge in [-0.2, -0.15) is 5.10 Å². The van der Waals surface area contributed by atoms with Crippen LogP contribution in [-0.2, 0) is 7.05 Å². The van der Waals surface area contributed by atoms with Gasteiger partial charge in [0.05, 0.1) is 11.9 Å². The highest BCUT2D eigenvalue weighted by atomic mass is 16.1. The number of anilines is 1. The normalized spacial score (nSPS) is 16.8. The van der Waals surface area contributed by atoms with Crippen LogP contribution in [0.15, 0.2) is 29.2 Å². The Morgan fingerprint density at radius 2 is 1.92 bits per heavy atom. The molecular formula is C20H26N4O2. The topological polar surface area (TPSA) is 67.2 Å². The minimum absolute atomic E-state index is 0.00584. The van der Waals surface area contributed by atoms with Gasteiger partial charge in [-0.3, -0.25) is 9.59 Å². The summed E-state index contributed by atoms with van der Waals surface area (Å²) in [4.78, 5) is 26.5. The van der Waals surface area contributed by atoms with Gasteiger partial charge in [-0.05, 0) is 44.2 Å². The Labute approximate surface area is 153 Å². The highest BCUT2D eigenvalue weighted by Gasteiger charge is 2.24. The van der Waals surface area contributed by atoms with E-state index >= 15 is 0 Å². The third kappa shape index (κ3) is 3.79. The molecule has 1 amide bonds. The SMILES string of the molecule is Cc1cc(C)c(C(=O)NCC2CCN(c3cnn(C)c(=O)c3)C2)c(C)c1. The fourth-order valence-electron chi connectivity index (χ4n) is 3.73. The van der Waals surface area contributed by atoms with Crippen LogP contribution >= 0.6 is 0 Å². The molecule has 6 nitrogen and oxygen atoms in total. The molecule has 1 saturated heterocycles. The molecule has 138 valence electrons. The van der Waals surface area contributed by atoms with Crippen LogP contribution in [0.2, 0.25) is 0 Å². The van der Waals surface area contributed by atoms with Crippen molar-refractivity contribution in [1.82, 2.24) is 15.1 Å². The van der Waals surface area contributed by atoms with Gasteiger partial charge in [0.15, 0.2) is 0 Å². The van der Waals surface area contributed by atoms with Gasteiger partial charge >= 0.3 is 0 Å². The van der Waals surface area contributed by atoms with Gasteiger partial charge in [0, 0.05) is 38.3 Å². The summed E-state index contributed by atoms with van der Waals surface area (Å²) in [5.41, 5.74) is 4.72. The van der Waals surface area contributed by atoms with Crippen LogP contribution in [-0.4, -0.2) is 35.3 Å². The molecule has 1 aromatic heterocycles. The van der Waals surface area contributed by atoms with Gasteiger partial charge < -0.3 is 10.2 Å². The van der Waals surface area contributed by atoms with Gasteiger partial charge in [0.25, 0.3) is 11.5 Å². The van der Waals surface area contributed by atoms with Gasteiger partial charge in [0.1, 0.15) is 0 Å². The molecule has 1 unspecified atom stereocenters. The zero-order chi connectivity index (χ0) is 18.8. The molecule has 1 fully saturated rings. The number of carbonyl (C=O) groups excluding carboxylic acids is 1. The molecule has 3 rings (SSSR count). The second-order valence-corrected chi connectivity index (χ2v) is 7.26. The number of hydrogen-bond acceptors (Lipinski definition) is 4. The van der Waals surface area contributed by atoms with E-state index in [1.54, 1.807) is 19.3 Å². The lowest BCUT2D eigenvalue weighted by Gasteiger charge is -2.18. The van der Waals surface area contributed by atoms with Crippen molar-refractivity contribution < 1.29 is 4.79 Å². The van der Waals surface area contributed by atoms with Crippen LogP contribution in [0.5, 0.6) is 0 Å². The second kappa shape index (κ2) is 7.32. The van der Waals surface area contributed by atoms with E-state index in [2.05, 4.69) is 15.3 Å². The van der Waals surface area contributed by atoms with Gasteiger partial charge in [-0.25, -0.2) is 4.68 Å². The van der Waals surface area contributed by atoms with Gasteiger partial charge in [-0.1, -0.05) is 17.7 Å². The van der Waals surface area contributed by atoms with Gasteiger partial charge in [0.2, 0.25) is 0 Å². The van der Waals surface area contributed by atoms with Crippen LogP contribution in [0.25, 0.3) is 0 Å². The maximum absolute atomic E-state index is 12.6. The van der Waals surface area contributed by atoms with Crippen LogP contribution in [0.3, 0.4) is 0 Å². The zero-order valence-electron chi connectivity index (χ0n) is 15.9. The molecule has 0 bridgehead atoms.